The van der Waals surface area contributed by atoms with E-state index in [0.717, 1.165) is 0 Å². The summed E-state index contributed by atoms with van der Waals surface area (Å²) in [5, 5.41) is 0. The molecule has 0 aromatic rings. The number of hydrogen-bond acceptors (Lipinski definition) is 12. The fraction of sp³-hybridized carbons (Fsp3) is 0. The smallest absolute Gasteiger partial charge is 0.759 e. The Bertz CT molecular complexity index is 352. The predicted molar refractivity (Wildman–Crippen MR) is 48.7 cm³/mol. The van der Waals surface area contributed by atoms with Crippen LogP contribution in [0.3, 0.4) is 0 Å². The first-order valence-electron chi connectivity index (χ1n) is 2.00. The molecule has 0 fully saturated rings. The standard InChI is InChI=1S/2Bi.In.Ni.3H2O4S/c;;;;3*1-5(2,3)4/h;;;;3*(H2,1,2,3,4)/q2*+3;;;;;/p-6. The molecule has 0 atom stereocenters. The Hall–Kier alpha value is 2.74. The van der Waals surface area contributed by atoms with Gasteiger partial charge in [-0.2, -0.15) is 0 Å². The van der Waals surface area contributed by atoms with Gasteiger partial charge in [0.1, 0.15) is 0 Å². The van der Waals surface area contributed by atoms with Gasteiger partial charge in [-0.1, -0.05) is 0 Å². The SMILES string of the molecule is O=S(=O)([O-])[O-].O=S(=O)([O-])[O-].O=S(=O)([O-])[O-].[Bi+3].[Bi+3].[In].[Ni]. The Morgan fingerprint density at radius 2 is 0.474 bits per heavy atom. The molecule has 0 bridgehead atoms. The first kappa shape index (κ1) is 43.0. The van der Waals surface area contributed by atoms with Gasteiger partial charge in [-0.05, 0) is 0 Å². The summed E-state index contributed by atoms with van der Waals surface area (Å²) in [6, 6.07) is 0. The van der Waals surface area contributed by atoms with Gasteiger partial charge in [0.05, 0.1) is 0 Å². The maximum absolute atomic E-state index is 8.52. The van der Waals surface area contributed by atoms with Crippen molar-refractivity contribution < 1.29 is 69.1 Å². The van der Waals surface area contributed by atoms with Crippen molar-refractivity contribution in [2.45, 2.75) is 0 Å². The zero-order valence-electron chi connectivity index (χ0n) is 7.91. The zero-order valence-corrected chi connectivity index (χ0v) is 21.6. The van der Waals surface area contributed by atoms with Crippen molar-refractivity contribution in [3.05, 3.63) is 0 Å². The fourth-order valence-corrected chi connectivity index (χ4v) is 0. The van der Waals surface area contributed by atoms with Crippen LogP contribution in [0, 0.1) is 0 Å². The summed E-state index contributed by atoms with van der Waals surface area (Å²) in [6.45, 7) is 0. The second kappa shape index (κ2) is 18.8. The molecule has 19 heteroatoms. The minimum atomic E-state index is -5.17. The van der Waals surface area contributed by atoms with Gasteiger partial charge in [0.15, 0.2) is 0 Å². The van der Waals surface area contributed by atoms with Crippen LogP contribution in [0.5, 0.6) is 0 Å². The third kappa shape index (κ3) is 970. The molecule has 0 unspecified atom stereocenters. The molecule has 0 amide bonds. The second-order valence-electron chi connectivity index (χ2n) is 1.22. The summed E-state index contributed by atoms with van der Waals surface area (Å²) in [7, 11) is -15.5. The van der Waals surface area contributed by atoms with Crippen LogP contribution in [0.2, 0.25) is 0 Å². The average molecular weight is 880 g/mol. The zero-order chi connectivity index (χ0) is 13.5. The molecule has 0 spiro atoms. The van der Waals surface area contributed by atoms with E-state index in [0.29, 0.717) is 0 Å². The normalized spacial score (nSPS) is 9.16. The Labute approximate surface area is 176 Å². The van der Waals surface area contributed by atoms with E-state index in [9.17, 15) is 0 Å². The summed E-state index contributed by atoms with van der Waals surface area (Å²) in [4.78, 5) is 0. The summed E-state index contributed by atoms with van der Waals surface area (Å²) in [5.74, 6) is 0. The van der Waals surface area contributed by atoms with E-state index in [1.807, 2.05) is 0 Å². The van der Waals surface area contributed by atoms with Gasteiger partial charge in [0.25, 0.3) is 0 Å². The topological polar surface area (TPSA) is 241 Å². The molecule has 0 aliphatic rings. The van der Waals surface area contributed by atoms with Crippen LogP contribution in [0.25, 0.3) is 0 Å². The molecule has 0 rings (SSSR count). The van der Waals surface area contributed by atoms with E-state index >= 15 is 0 Å². The van der Waals surface area contributed by atoms with Gasteiger partial charge in [-0.25, -0.2) is 0 Å². The fourth-order valence-electron chi connectivity index (χ4n) is 0. The second-order valence-corrected chi connectivity index (χ2v) is 3.67. The van der Waals surface area contributed by atoms with Crippen LogP contribution in [-0.2, 0) is 47.7 Å². The maximum atomic E-state index is 8.52. The first-order valence-corrected chi connectivity index (χ1v) is 6.00. The van der Waals surface area contributed by atoms with Gasteiger partial charge in [-0.3, -0.25) is 25.3 Å². The van der Waals surface area contributed by atoms with Crippen molar-refractivity contribution in [3.63, 3.8) is 0 Å². The van der Waals surface area contributed by atoms with Gasteiger partial charge >= 0.3 is 52.4 Å². The van der Waals surface area contributed by atoms with E-state index in [1.165, 1.54) is 0 Å². The summed E-state index contributed by atoms with van der Waals surface area (Å²) < 4.78 is 102. The van der Waals surface area contributed by atoms with Crippen LogP contribution in [0.15, 0.2) is 0 Å². The summed E-state index contributed by atoms with van der Waals surface area (Å²) in [6.07, 6.45) is 0. The molecule has 0 heterocycles. The third-order valence-electron chi connectivity index (χ3n) is 0. The van der Waals surface area contributed by atoms with Crippen LogP contribution in [0.4, 0.5) is 0 Å². The Balaban J connectivity index is -0.0000000206. The van der Waals surface area contributed by atoms with Crippen LogP contribution < -0.4 is 0 Å². The molecule has 113 valence electrons. The molecule has 7 radical (unpaired) electrons. The molecular formula is Bi2InNiO12S3. The van der Waals surface area contributed by atoms with E-state index in [1.54, 1.807) is 0 Å². The van der Waals surface area contributed by atoms with E-state index in [2.05, 4.69) is 0 Å². The molecule has 0 aromatic heterocycles. The van der Waals surface area contributed by atoms with Crippen molar-refractivity contribution >= 4 is 109 Å². The molecule has 0 N–H and O–H groups in total. The van der Waals surface area contributed by atoms with Crippen molar-refractivity contribution in [2.75, 3.05) is 0 Å². The Morgan fingerprint density at radius 3 is 0.474 bits per heavy atom. The van der Waals surface area contributed by atoms with Crippen molar-refractivity contribution in [2.24, 2.45) is 0 Å². The van der Waals surface area contributed by atoms with Gasteiger partial charge in [-0.15, -0.1) is 0 Å². The molecule has 0 aromatic carbocycles. The molecule has 0 saturated carbocycles. The van der Waals surface area contributed by atoms with Crippen molar-refractivity contribution in [1.29, 1.82) is 0 Å². The van der Waals surface area contributed by atoms with Crippen LogP contribution >= 0.6 is 0 Å². The maximum Gasteiger partial charge on any atom is 3.00 e. The van der Waals surface area contributed by atoms with Gasteiger partial charge < -0.3 is 27.3 Å². The van der Waals surface area contributed by atoms with E-state index in [4.69, 9.17) is 52.6 Å². The minimum Gasteiger partial charge on any atom is -0.759 e. The van der Waals surface area contributed by atoms with Crippen LogP contribution in [0.1, 0.15) is 0 Å². The quantitative estimate of drug-likeness (QED) is 0.126. The molecular weight excluding hydrogens is 880 g/mol. The van der Waals surface area contributed by atoms with Crippen LogP contribution in [-0.4, -0.2) is 131 Å². The number of hydrogen-bond donors (Lipinski definition) is 0. The largest absolute Gasteiger partial charge is 3.00 e. The van der Waals surface area contributed by atoms with Gasteiger partial charge in [0.2, 0.25) is 0 Å². The average Bonchev–Trinajstić information content (AvgIpc) is 1.41. The predicted octanol–water partition coefficient (Wildman–Crippen LogP) is -5.16. The van der Waals surface area contributed by atoms with Crippen molar-refractivity contribution in [3.8, 4) is 0 Å². The molecule has 0 aliphatic carbocycles. The monoisotopic (exact) mass is 879 g/mol. The first-order chi connectivity index (χ1) is 6.00. The third-order valence-corrected chi connectivity index (χ3v) is 0. The molecule has 0 saturated heterocycles. The summed E-state index contributed by atoms with van der Waals surface area (Å²) in [5.41, 5.74) is 0. The van der Waals surface area contributed by atoms with E-state index < -0.39 is 31.2 Å². The summed E-state index contributed by atoms with van der Waals surface area (Å²) >= 11 is 0. The molecule has 0 aliphatic heterocycles. The number of rotatable bonds is 0. The Kier molecular flexibility index (Phi) is 42.6. The molecule has 12 nitrogen and oxygen atoms in total. The van der Waals surface area contributed by atoms with Crippen molar-refractivity contribution in [1.82, 2.24) is 0 Å². The minimum absolute atomic E-state index is 0. The Morgan fingerprint density at radius 1 is 0.474 bits per heavy atom. The molecule has 19 heavy (non-hydrogen) atoms. The van der Waals surface area contributed by atoms with E-state index in [-0.39, 0.29) is 94.7 Å². The van der Waals surface area contributed by atoms with Gasteiger partial charge in [0, 0.05) is 73.5 Å².